The number of alkyl carbamates (subject to hydrolysis) is 1. The zero-order valence-electron chi connectivity index (χ0n) is 9.69. The van der Waals surface area contributed by atoms with Crippen LogP contribution in [-0.4, -0.2) is 54.5 Å². The molecule has 0 aliphatic carbocycles. The Labute approximate surface area is 95.8 Å². The van der Waals surface area contributed by atoms with E-state index in [-0.39, 0.29) is 18.3 Å². The first-order chi connectivity index (χ1) is 7.65. The van der Waals surface area contributed by atoms with Gasteiger partial charge in [0.15, 0.2) is 0 Å². The molecule has 2 fully saturated rings. The molecule has 5 nitrogen and oxygen atoms in total. The van der Waals surface area contributed by atoms with E-state index in [0.717, 1.165) is 32.5 Å². The van der Waals surface area contributed by atoms with Gasteiger partial charge in [-0.25, -0.2) is 4.79 Å². The van der Waals surface area contributed by atoms with Crippen molar-refractivity contribution in [3.05, 3.63) is 0 Å². The molecule has 2 aliphatic heterocycles. The summed E-state index contributed by atoms with van der Waals surface area (Å²) < 4.78 is 5.10. The molecule has 16 heavy (non-hydrogen) atoms. The fourth-order valence-electron chi connectivity index (χ4n) is 2.44. The number of likely N-dealkylation sites (tertiary alicyclic amines) is 1. The van der Waals surface area contributed by atoms with Crippen LogP contribution in [0.4, 0.5) is 4.79 Å². The van der Waals surface area contributed by atoms with Crippen LogP contribution in [0.15, 0.2) is 0 Å². The summed E-state index contributed by atoms with van der Waals surface area (Å²) in [5.41, 5.74) is 0. The van der Waals surface area contributed by atoms with E-state index in [9.17, 15) is 9.90 Å². The van der Waals surface area contributed by atoms with Crippen LogP contribution < -0.4 is 5.32 Å². The van der Waals surface area contributed by atoms with Gasteiger partial charge >= 0.3 is 6.09 Å². The first kappa shape index (κ1) is 11.7. The van der Waals surface area contributed by atoms with Gasteiger partial charge in [0.1, 0.15) is 6.10 Å². The lowest BCUT2D eigenvalue weighted by molar-refractivity contribution is 0.0525. The number of ether oxygens (including phenoxy) is 1. The highest BCUT2D eigenvalue weighted by Crippen LogP contribution is 2.21. The number of hydrogen-bond donors (Lipinski definition) is 2. The summed E-state index contributed by atoms with van der Waals surface area (Å²) in [5, 5.41) is 12.1. The number of amides is 1. The normalized spacial score (nSPS) is 29.9. The predicted molar refractivity (Wildman–Crippen MR) is 59.1 cm³/mol. The second-order valence-corrected chi connectivity index (χ2v) is 4.79. The maximum absolute atomic E-state index is 10.9. The third-order valence-electron chi connectivity index (χ3n) is 3.52. The lowest BCUT2D eigenvalue weighted by Crippen LogP contribution is -2.41. The maximum atomic E-state index is 10.9. The summed E-state index contributed by atoms with van der Waals surface area (Å²) in [7, 11) is 0. The Morgan fingerprint density at radius 2 is 2.25 bits per heavy atom. The van der Waals surface area contributed by atoms with Crippen molar-refractivity contribution in [2.24, 2.45) is 5.92 Å². The molecule has 2 unspecified atom stereocenters. The number of carbonyl (C=O) groups is 1. The molecule has 0 aromatic rings. The standard InChI is InChI=1S/C11H20N2O3/c1-8(14)9-2-4-13(5-3-9)7-10-6-12-11(15)16-10/h8-10,14H,2-7H2,1H3,(H,12,15). The fraction of sp³-hybridized carbons (Fsp3) is 0.909. The van der Waals surface area contributed by atoms with Gasteiger partial charge in [0.2, 0.25) is 0 Å². The Morgan fingerprint density at radius 3 is 2.75 bits per heavy atom. The number of cyclic esters (lactones) is 1. The number of rotatable bonds is 3. The van der Waals surface area contributed by atoms with Gasteiger partial charge in [-0.2, -0.15) is 0 Å². The summed E-state index contributed by atoms with van der Waals surface area (Å²) in [6, 6.07) is 0. The largest absolute Gasteiger partial charge is 0.443 e. The van der Waals surface area contributed by atoms with Crippen molar-refractivity contribution < 1.29 is 14.6 Å². The monoisotopic (exact) mass is 228 g/mol. The van der Waals surface area contributed by atoms with E-state index >= 15 is 0 Å². The van der Waals surface area contributed by atoms with Crippen LogP contribution >= 0.6 is 0 Å². The van der Waals surface area contributed by atoms with Crippen LogP contribution in [0.2, 0.25) is 0 Å². The lowest BCUT2D eigenvalue weighted by atomic mass is 9.92. The van der Waals surface area contributed by atoms with E-state index in [4.69, 9.17) is 4.74 Å². The topological polar surface area (TPSA) is 61.8 Å². The molecule has 2 atom stereocenters. The molecule has 0 aromatic carbocycles. The molecular formula is C11H20N2O3. The molecule has 0 radical (unpaired) electrons. The van der Waals surface area contributed by atoms with Crippen molar-refractivity contribution in [3.63, 3.8) is 0 Å². The molecule has 0 bridgehead atoms. The van der Waals surface area contributed by atoms with Crippen molar-refractivity contribution in [1.82, 2.24) is 10.2 Å². The smallest absolute Gasteiger partial charge is 0.407 e. The van der Waals surface area contributed by atoms with Crippen LogP contribution in [-0.2, 0) is 4.74 Å². The number of nitrogens with zero attached hydrogens (tertiary/aromatic N) is 1. The average Bonchev–Trinajstić information content (AvgIpc) is 2.65. The molecule has 92 valence electrons. The van der Waals surface area contributed by atoms with Crippen molar-refractivity contribution in [3.8, 4) is 0 Å². The zero-order chi connectivity index (χ0) is 11.5. The van der Waals surface area contributed by atoms with Crippen LogP contribution in [0, 0.1) is 5.92 Å². The molecule has 0 saturated carbocycles. The van der Waals surface area contributed by atoms with E-state index in [1.807, 2.05) is 6.92 Å². The van der Waals surface area contributed by atoms with Crippen LogP contribution in [0.25, 0.3) is 0 Å². The number of nitrogens with one attached hydrogen (secondary N) is 1. The first-order valence-electron chi connectivity index (χ1n) is 6.00. The average molecular weight is 228 g/mol. The first-order valence-corrected chi connectivity index (χ1v) is 6.00. The summed E-state index contributed by atoms with van der Waals surface area (Å²) in [6.45, 7) is 5.27. The minimum atomic E-state index is -0.302. The molecule has 0 aromatic heterocycles. The maximum Gasteiger partial charge on any atom is 0.407 e. The highest BCUT2D eigenvalue weighted by Gasteiger charge is 2.28. The minimum absolute atomic E-state index is 0.00407. The second-order valence-electron chi connectivity index (χ2n) is 4.79. The van der Waals surface area contributed by atoms with Crippen molar-refractivity contribution in [1.29, 1.82) is 0 Å². The number of aliphatic hydroxyl groups excluding tert-OH is 1. The van der Waals surface area contributed by atoms with Gasteiger partial charge in [0.25, 0.3) is 0 Å². The lowest BCUT2D eigenvalue weighted by Gasteiger charge is -2.33. The Balaban J connectivity index is 1.71. The molecule has 2 saturated heterocycles. The molecular weight excluding hydrogens is 208 g/mol. The molecule has 0 spiro atoms. The number of piperidine rings is 1. The van der Waals surface area contributed by atoms with Gasteiger partial charge in [-0.05, 0) is 38.8 Å². The quantitative estimate of drug-likeness (QED) is 0.724. The summed E-state index contributed by atoms with van der Waals surface area (Å²) in [4.78, 5) is 13.2. The van der Waals surface area contributed by atoms with Gasteiger partial charge in [0.05, 0.1) is 12.6 Å². The Morgan fingerprint density at radius 1 is 1.56 bits per heavy atom. The van der Waals surface area contributed by atoms with Gasteiger partial charge in [-0.3, -0.25) is 4.90 Å². The van der Waals surface area contributed by atoms with Crippen LogP contribution in [0.1, 0.15) is 19.8 Å². The van der Waals surface area contributed by atoms with Crippen LogP contribution in [0.5, 0.6) is 0 Å². The van der Waals surface area contributed by atoms with E-state index in [2.05, 4.69) is 10.2 Å². The molecule has 2 N–H and O–H groups in total. The number of carbonyl (C=O) groups excluding carboxylic acids is 1. The third kappa shape index (κ3) is 2.86. The Bertz CT molecular complexity index is 250. The van der Waals surface area contributed by atoms with E-state index in [1.54, 1.807) is 0 Å². The van der Waals surface area contributed by atoms with E-state index < -0.39 is 0 Å². The van der Waals surface area contributed by atoms with Crippen molar-refractivity contribution >= 4 is 6.09 Å². The van der Waals surface area contributed by atoms with E-state index in [0.29, 0.717) is 12.5 Å². The highest BCUT2D eigenvalue weighted by molar-refractivity contribution is 5.69. The van der Waals surface area contributed by atoms with Gasteiger partial charge in [-0.1, -0.05) is 0 Å². The molecule has 2 heterocycles. The van der Waals surface area contributed by atoms with Gasteiger partial charge in [0, 0.05) is 6.54 Å². The molecule has 2 rings (SSSR count). The van der Waals surface area contributed by atoms with Gasteiger partial charge < -0.3 is 15.2 Å². The number of hydrogen-bond acceptors (Lipinski definition) is 4. The molecule has 2 aliphatic rings. The zero-order valence-corrected chi connectivity index (χ0v) is 9.69. The SMILES string of the molecule is CC(O)C1CCN(CC2CNC(=O)O2)CC1. The molecule has 1 amide bonds. The Kier molecular flexibility index (Phi) is 3.66. The minimum Gasteiger partial charge on any atom is -0.443 e. The summed E-state index contributed by atoms with van der Waals surface area (Å²) >= 11 is 0. The second kappa shape index (κ2) is 5.01. The van der Waals surface area contributed by atoms with E-state index in [1.165, 1.54) is 0 Å². The number of aliphatic hydroxyl groups is 1. The van der Waals surface area contributed by atoms with Crippen molar-refractivity contribution in [2.45, 2.75) is 32.0 Å². The third-order valence-corrected chi connectivity index (χ3v) is 3.52. The summed E-state index contributed by atoms with van der Waals surface area (Å²) in [5.74, 6) is 0.431. The fourth-order valence-corrected chi connectivity index (χ4v) is 2.44. The van der Waals surface area contributed by atoms with Crippen molar-refractivity contribution in [2.75, 3.05) is 26.2 Å². The summed E-state index contributed by atoms with van der Waals surface area (Å²) in [6.07, 6.45) is 1.56. The Hall–Kier alpha value is -0.810. The van der Waals surface area contributed by atoms with Gasteiger partial charge in [-0.15, -0.1) is 0 Å². The predicted octanol–water partition coefficient (Wildman–Crippen LogP) is 0.188. The highest BCUT2D eigenvalue weighted by atomic mass is 16.6. The molecule has 5 heteroatoms. The van der Waals surface area contributed by atoms with Crippen LogP contribution in [0.3, 0.4) is 0 Å².